The monoisotopic (exact) mass is 274 g/mol. The van der Waals surface area contributed by atoms with E-state index in [2.05, 4.69) is 6.92 Å². The summed E-state index contributed by atoms with van der Waals surface area (Å²) < 4.78 is 10.9. The molecule has 2 rings (SSSR count). The number of carbonyl (C=O) groups is 1. The van der Waals surface area contributed by atoms with E-state index in [0.717, 1.165) is 30.4 Å². The Hall–Kier alpha value is -1.61. The van der Waals surface area contributed by atoms with E-state index in [1.165, 1.54) is 0 Å². The maximum absolute atomic E-state index is 11.7. The van der Waals surface area contributed by atoms with E-state index in [1.807, 2.05) is 36.4 Å². The lowest BCUT2D eigenvalue weighted by atomic mass is 10.1. The van der Waals surface area contributed by atoms with Crippen molar-refractivity contribution in [3.05, 3.63) is 47.5 Å². The molecule has 0 radical (unpaired) electrons. The molecule has 1 atom stereocenters. The van der Waals surface area contributed by atoms with E-state index in [4.69, 9.17) is 9.47 Å². The minimum Gasteiger partial charge on any atom is -0.456 e. The Bertz CT molecular complexity index is 451. The number of unbranched alkanes of at least 4 members (excludes halogenated alkanes) is 2. The van der Waals surface area contributed by atoms with E-state index in [9.17, 15) is 4.79 Å². The molecule has 0 spiro atoms. The van der Waals surface area contributed by atoms with Gasteiger partial charge >= 0.3 is 5.97 Å². The number of rotatable bonds is 7. The van der Waals surface area contributed by atoms with Crippen LogP contribution in [0.5, 0.6) is 0 Å². The molecular weight excluding hydrogens is 252 g/mol. The first-order chi connectivity index (χ1) is 9.79. The molecule has 3 nitrogen and oxygen atoms in total. The Balaban J connectivity index is 1.72. The van der Waals surface area contributed by atoms with Crippen LogP contribution in [-0.4, -0.2) is 18.7 Å². The molecule has 1 fully saturated rings. The Morgan fingerprint density at radius 2 is 2.15 bits per heavy atom. The Kier molecular flexibility index (Phi) is 5.81. The molecule has 1 aliphatic heterocycles. The van der Waals surface area contributed by atoms with Crippen LogP contribution in [0.4, 0.5) is 0 Å². The van der Waals surface area contributed by atoms with Crippen LogP contribution in [0.15, 0.2) is 42.0 Å². The Morgan fingerprint density at radius 3 is 2.90 bits per heavy atom. The van der Waals surface area contributed by atoms with Crippen molar-refractivity contribution in [3.63, 3.8) is 0 Å². The lowest BCUT2D eigenvalue weighted by Crippen LogP contribution is -2.14. The molecular formula is C17H22O3. The van der Waals surface area contributed by atoms with Gasteiger partial charge in [0.1, 0.15) is 6.10 Å². The van der Waals surface area contributed by atoms with Gasteiger partial charge in [0.15, 0.2) is 0 Å². The third kappa shape index (κ3) is 4.49. The normalized spacial score (nSPS) is 20.4. The summed E-state index contributed by atoms with van der Waals surface area (Å²) in [6.07, 6.45) is 5.78. The Labute approximate surface area is 120 Å². The molecule has 0 saturated carbocycles. The number of allylic oxidation sites excluding steroid dienone is 1. The second-order valence-corrected chi connectivity index (χ2v) is 5.10. The second-order valence-electron chi connectivity index (χ2n) is 5.10. The number of esters is 1. The maximum atomic E-state index is 11.7. The molecule has 108 valence electrons. The molecule has 1 heterocycles. The average molecular weight is 274 g/mol. The van der Waals surface area contributed by atoms with Gasteiger partial charge in [-0.1, -0.05) is 56.2 Å². The molecule has 0 unspecified atom stereocenters. The largest absolute Gasteiger partial charge is 0.456 e. The van der Waals surface area contributed by atoms with E-state index >= 15 is 0 Å². The standard InChI is InChI=1S/C17H22O3/c1-2-3-5-10-15-11-16(20-17(15)18)13-19-12-14-8-6-4-7-9-14/h4,6-10,16H,2-3,5,11-13H2,1H3/b15-10+/t16-/m1/s1. The van der Waals surface area contributed by atoms with Crippen LogP contribution in [0.2, 0.25) is 0 Å². The first-order valence-corrected chi connectivity index (χ1v) is 7.31. The third-order valence-electron chi connectivity index (χ3n) is 3.35. The van der Waals surface area contributed by atoms with Gasteiger partial charge in [0.2, 0.25) is 0 Å². The third-order valence-corrected chi connectivity index (χ3v) is 3.35. The van der Waals surface area contributed by atoms with Gasteiger partial charge in [-0.3, -0.25) is 0 Å². The van der Waals surface area contributed by atoms with Crippen LogP contribution >= 0.6 is 0 Å². The van der Waals surface area contributed by atoms with Gasteiger partial charge in [-0.05, 0) is 12.0 Å². The molecule has 3 heteroatoms. The minimum atomic E-state index is -0.172. The average Bonchev–Trinajstić information content (AvgIpc) is 2.81. The van der Waals surface area contributed by atoms with Crippen LogP contribution in [0.25, 0.3) is 0 Å². The van der Waals surface area contributed by atoms with Gasteiger partial charge in [-0.2, -0.15) is 0 Å². The van der Waals surface area contributed by atoms with Gasteiger partial charge in [0, 0.05) is 12.0 Å². The minimum absolute atomic E-state index is 0.126. The van der Waals surface area contributed by atoms with Gasteiger partial charge in [0.25, 0.3) is 0 Å². The number of hydrogen-bond acceptors (Lipinski definition) is 3. The fourth-order valence-corrected chi connectivity index (χ4v) is 2.22. The molecule has 1 aromatic rings. The molecule has 0 N–H and O–H groups in total. The quantitative estimate of drug-likeness (QED) is 0.432. The SMILES string of the molecule is CCCC/C=C1\C[C@H](COCc2ccccc2)OC1=O. The number of hydrogen-bond donors (Lipinski definition) is 0. The fourth-order valence-electron chi connectivity index (χ4n) is 2.22. The summed E-state index contributed by atoms with van der Waals surface area (Å²) in [5.41, 5.74) is 1.95. The molecule has 1 aliphatic rings. The zero-order valence-electron chi connectivity index (χ0n) is 12.0. The van der Waals surface area contributed by atoms with Crippen LogP contribution in [0.3, 0.4) is 0 Å². The van der Waals surface area contributed by atoms with E-state index < -0.39 is 0 Å². The van der Waals surface area contributed by atoms with Gasteiger partial charge in [-0.15, -0.1) is 0 Å². The van der Waals surface area contributed by atoms with Crippen molar-refractivity contribution in [2.75, 3.05) is 6.61 Å². The lowest BCUT2D eigenvalue weighted by molar-refractivity contribution is -0.141. The molecule has 1 aromatic carbocycles. The molecule has 0 aromatic heterocycles. The molecule has 0 amide bonds. The number of benzene rings is 1. The smallest absolute Gasteiger partial charge is 0.334 e. The van der Waals surface area contributed by atoms with Gasteiger partial charge < -0.3 is 9.47 Å². The van der Waals surface area contributed by atoms with Crippen molar-refractivity contribution in [1.29, 1.82) is 0 Å². The number of carbonyl (C=O) groups excluding carboxylic acids is 1. The van der Waals surface area contributed by atoms with Crippen molar-refractivity contribution < 1.29 is 14.3 Å². The highest BCUT2D eigenvalue weighted by Gasteiger charge is 2.28. The predicted molar refractivity (Wildman–Crippen MR) is 78.2 cm³/mol. The summed E-state index contributed by atoms with van der Waals surface area (Å²) in [4.78, 5) is 11.7. The summed E-state index contributed by atoms with van der Waals surface area (Å²) in [6.45, 7) is 3.17. The highest BCUT2D eigenvalue weighted by molar-refractivity contribution is 5.90. The van der Waals surface area contributed by atoms with Gasteiger partial charge in [-0.25, -0.2) is 4.79 Å². The van der Waals surface area contributed by atoms with E-state index in [1.54, 1.807) is 0 Å². The number of cyclic esters (lactones) is 1. The van der Waals surface area contributed by atoms with Crippen LogP contribution in [-0.2, 0) is 20.9 Å². The van der Waals surface area contributed by atoms with Gasteiger partial charge in [0.05, 0.1) is 13.2 Å². The molecule has 20 heavy (non-hydrogen) atoms. The topological polar surface area (TPSA) is 35.5 Å². The van der Waals surface area contributed by atoms with Crippen molar-refractivity contribution in [3.8, 4) is 0 Å². The zero-order valence-corrected chi connectivity index (χ0v) is 12.0. The second kappa shape index (κ2) is 7.85. The van der Waals surface area contributed by atoms with Crippen molar-refractivity contribution in [2.24, 2.45) is 0 Å². The van der Waals surface area contributed by atoms with Crippen molar-refractivity contribution in [1.82, 2.24) is 0 Å². The maximum Gasteiger partial charge on any atom is 0.334 e. The summed E-state index contributed by atoms with van der Waals surface area (Å²) >= 11 is 0. The molecule has 1 saturated heterocycles. The number of ether oxygens (including phenoxy) is 2. The van der Waals surface area contributed by atoms with Crippen LogP contribution < -0.4 is 0 Å². The highest BCUT2D eigenvalue weighted by Crippen LogP contribution is 2.22. The Morgan fingerprint density at radius 1 is 1.35 bits per heavy atom. The first kappa shape index (κ1) is 14.8. The lowest BCUT2D eigenvalue weighted by Gasteiger charge is -2.09. The van der Waals surface area contributed by atoms with Crippen LogP contribution in [0.1, 0.15) is 38.2 Å². The first-order valence-electron chi connectivity index (χ1n) is 7.31. The summed E-state index contributed by atoms with van der Waals surface area (Å²) in [7, 11) is 0. The predicted octanol–water partition coefficient (Wildman–Crippen LogP) is 3.64. The van der Waals surface area contributed by atoms with Crippen LogP contribution in [0, 0.1) is 0 Å². The summed E-state index contributed by atoms with van der Waals surface area (Å²) in [6, 6.07) is 10.0. The summed E-state index contributed by atoms with van der Waals surface area (Å²) in [5.74, 6) is -0.172. The molecule has 0 aliphatic carbocycles. The molecule has 0 bridgehead atoms. The van der Waals surface area contributed by atoms with Crippen molar-refractivity contribution in [2.45, 2.75) is 45.3 Å². The van der Waals surface area contributed by atoms with E-state index in [0.29, 0.717) is 19.6 Å². The fraction of sp³-hybridized carbons (Fsp3) is 0.471. The highest BCUT2D eigenvalue weighted by atomic mass is 16.6. The van der Waals surface area contributed by atoms with Crippen molar-refractivity contribution >= 4 is 5.97 Å². The zero-order chi connectivity index (χ0) is 14.2. The van der Waals surface area contributed by atoms with E-state index in [-0.39, 0.29) is 12.1 Å². The summed E-state index contributed by atoms with van der Waals surface area (Å²) in [5, 5.41) is 0.